The molecule has 2 aromatic heterocycles. The normalized spacial score (nSPS) is 11.6. The number of benzene rings is 7. The summed E-state index contributed by atoms with van der Waals surface area (Å²) in [5.74, 6) is 0. The topological polar surface area (TPSA) is 8.17 Å². The van der Waals surface area contributed by atoms with Crippen molar-refractivity contribution in [3.63, 3.8) is 0 Å². The highest BCUT2D eigenvalue weighted by Gasteiger charge is 2.16. The number of fused-ring (bicyclic) bond motifs is 6. The average Bonchev–Trinajstić information content (AvgIpc) is 3.65. The van der Waals surface area contributed by atoms with Crippen molar-refractivity contribution in [1.82, 2.24) is 4.57 Å². The number of anilines is 3. The van der Waals surface area contributed by atoms with E-state index in [4.69, 9.17) is 0 Å². The second kappa shape index (κ2) is 10.5. The highest BCUT2D eigenvalue weighted by atomic mass is 32.1. The van der Waals surface area contributed by atoms with Crippen LogP contribution in [-0.4, -0.2) is 4.57 Å². The Labute approximate surface area is 265 Å². The third kappa shape index (κ3) is 4.32. The number of nitrogens with zero attached hydrogens (tertiary/aromatic N) is 2. The summed E-state index contributed by atoms with van der Waals surface area (Å²) in [7, 11) is 0. The number of rotatable bonds is 5. The standard InChI is InChI=1S/C42H28N2S/c1-3-11-31(12-4-1)43(32-13-5-2-6-14-32)33-21-23-34(24-22-33)44-39-17-9-7-15-35(39)36-25-19-30(28-40(36)44)29-20-26-42-38(27-29)37-16-8-10-18-41(37)45-42/h1-28H. The molecule has 0 saturated carbocycles. The Morgan fingerprint density at radius 3 is 1.69 bits per heavy atom. The Morgan fingerprint density at radius 1 is 0.378 bits per heavy atom. The second-order valence-corrected chi connectivity index (χ2v) is 12.5. The van der Waals surface area contributed by atoms with Crippen molar-refractivity contribution in [2.75, 3.05) is 4.90 Å². The molecule has 9 rings (SSSR count). The van der Waals surface area contributed by atoms with E-state index >= 15 is 0 Å². The summed E-state index contributed by atoms with van der Waals surface area (Å²) < 4.78 is 5.07. The first-order chi connectivity index (χ1) is 22.3. The van der Waals surface area contributed by atoms with Crippen LogP contribution in [0, 0.1) is 0 Å². The van der Waals surface area contributed by atoms with Gasteiger partial charge in [-0.1, -0.05) is 91.0 Å². The Kier molecular flexibility index (Phi) is 6.03. The van der Waals surface area contributed by atoms with Crippen molar-refractivity contribution in [3.05, 3.63) is 170 Å². The zero-order valence-electron chi connectivity index (χ0n) is 24.5. The van der Waals surface area contributed by atoms with Crippen LogP contribution in [0.25, 0.3) is 58.8 Å². The summed E-state index contributed by atoms with van der Waals surface area (Å²) in [6, 6.07) is 61.4. The molecule has 2 nitrogen and oxygen atoms in total. The minimum absolute atomic E-state index is 1.12. The summed E-state index contributed by atoms with van der Waals surface area (Å²) in [5.41, 5.74) is 9.40. The number of thiophene rings is 1. The fourth-order valence-electron chi connectivity index (χ4n) is 6.69. The number of para-hydroxylation sites is 3. The van der Waals surface area contributed by atoms with Crippen LogP contribution < -0.4 is 4.90 Å². The molecule has 0 fully saturated rings. The number of aromatic nitrogens is 1. The lowest BCUT2D eigenvalue weighted by atomic mass is 10.0. The third-order valence-corrected chi connectivity index (χ3v) is 9.93. The highest BCUT2D eigenvalue weighted by molar-refractivity contribution is 7.25. The lowest BCUT2D eigenvalue weighted by Gasteiger charge is -2.25. The summed E-state index contributed by atoms with van der Waals surface area (Å²) in [6.07, 6.45) is 0. The van der Waals surface area contributed by atoms with E-state index in [0.717, 1.165) is 22.7 Å². The van der Waals surface area contributed by atoms with E-state index in [-0.39, 0.29) is 0 Å². The molecule has 0 radical (unpaired) electrons. The molecule has 7 aromatic carbocycles. The van der Waals surface area contributed by atoms with Crippen LogP contribution in [0.5, 0.6) is 0 Å². The van der Waals surface area contributed by atoms with Crippen LogP contribution in [0.2, 0.25) is 0 Å². The SMILES string of the molecule is c1ccc(N(c2ccccc2)c2ccc(-n3c4ccccc4c4ccc(-c5ccc6sc7ccccc7c6c5)cc43)cc2)cc1. The predicted molar refractivity (Wildman–Crippen MR) is 194 cm³/mol. The summed E-state index contributed by atoms with van der Waals surface area (Å²) in [5, 5.41) is 5.17. The molecule has 0 spiro atoms. The monoisotopic (exact) mass is 592 g/mol. The van der Waals surface area contributed by atoms with E-state index in [1.807, 2.05) is 11.3 Å². The third-order valence-electron chi connectivity index (χ3n) is 8.78. The average molecular weight is 593 g/mol. The fraction of sp³-hybridized carbons (Fsp3) is 0. The molecule has 0 amide bonds. The number of hydrogen-bond donors (Lipinski definition) is 0. The number of hydrogen-bond acceptors (Lipinski definition) is 2. The molecule has 212 valence electrons. The van der Waals surface area contributed by atoms with E-state index < -0.39 is 0 Å². The quantitative estimate of drug-likeness (QED) is 0.193. The molecule has 0 aliphatic heterocycles. The fourth-order valence-corrected chi connectivity index (χ4v) is 7.77. The maximum atomic E-state index is 2.41. The van der Waals surface area contributed by atoms with E-state index in [1.54, 1.807) is 0 Å². The Hall–Kier alpha value is -5.64. The molecule has 2 heterocycles. The van der Waals surface area contributed by atoms with Gasteiger partial charge in [0.15, 0.2) is 0 Å². The molecular weight excluding hydrogens is 565 g/mol. The molecule has 0 atom stereocenters. The van der Waals surface area contributed by atoms with Gasteiger partial charge < -0.3 is 9.47 Å². The van der Waals surface area contributed by atoms with E-state index in [1.165, 1.54) is 53.1 Å². The van der Waals surface area contributed by atoms with Gasteiger partial charge in [0.25, 0.3) is 0 Å². The first-order valence-corrected chi connectivity index (χ1v) is 16.1. The van der Waals surface area contributed by atoms with Gasteiger partial charge >= 0.3 is 0 Å². The molecular formula is C42H28N2S. The summed E-state index contributed by atoms with van der Waals surface area (Å²) >= 11 is 1.86. The van der Waals surface area contributed by atoms with Gasteiger partial charge in [0.05, 0.1) is 11.0 Å². The Balaban J connectivity index is 1.19. The minimum atomic E-state index is 1.12. The van der Waals surface area contributed by atoms with E-state index in [2.05, 4.69) is 179 Å². The van der Waals surface area contributed by atoms with Crippen molar-refractivity contribution in [2.45, 2.75) is 0 Å². The van der Waals surface area contributed by atoms with Crippen molar-refractivity contribution in [3.8, 4) is 16.8 Å². The van der Waals surface area contributed by atoms with Crippen LogP contribution in [-0.2, 0) is 0 Å². The maximum absolute atomic E-state index is 2.41. The van der Waals surface area contributed by atoms with E-state index in [9.17, 15) is 0 Å². The van der Waals surface area contributed by atoms with Crippen LogP contribution in [0.4, 0.5) is 17.1 Å². The lowest BCUT2D eigenvalue weighted by Crippen LogP contribution is -2.09. The van der Waals surface area contributed by atoms with Crippen LogP contribution in [0.15, 0.2) is 170 Å². The molecule has 0 aliphatic carbocycles. The minimum Gasteiger partial charge on any atom is -0.311 e. The van der Waals surface area contributed by atoms with Crippen molar-refractivity contribution >= 4 is 70.4 Å². The first-order valence-electron chi connectivity index (χ1n) is 15.3. The van der Waals surface area contributed by atoms with Gasteiger partial charge in [-0.3, -0.25) is 0 Å². The van der Waals surface area contributed by atoms with Gasteiger partial charge in [0, 0.05) is 53.7 Å². The van der Waals surface area contributed by atoms with Crippen molar-refractivity contribution in [2.24, 2.45) is 0 Å². The molecule has 0 bridgehead atoms. The molecule has 45 heavy (non-hydrogen) atoms. The smallest absolute Gasteiger partial charge is 0.0547 e. The summed E-state index contributed by atoms with van der Waals surface area (Å²) in [6.45, 7) is 0. The van der Waals surface area contributed by atoms with Crippen molar-refractivity contribution < 1.29 is 0 Å². The van der Waals surface area contributed by atoms with Crippen LogP contribution in [0.3, 0.4) is 0 Å². The van der Waals surface area contributed by atoms with Gasteiger partial charge in [-0.05, 0) is 90.0 Å². The van der Waals surface area contributed by atoms with Crippen LogP contribution in [0.1, 0.15) is 0 Å². The molecule has 0 N–H and O–H groups in total. The molecule has 0 unspecified atom stereocenters. The molecule has 9 aromatic rings. The zero-order valence-corrected chi connectivity index (χ0v) is 25.3. The Bertz CT molecular complexity index is 2430. The van der Waals surface area contributed by atoms with Gasteiger partial charge in [-0.15, -0.1) is 11.3 Å². The lowest BCUT2D eigenvalue weighted by molar-refractivity contribution is 1.17. The van der Waals surface area contributed by atoms with Gasteiger partial charge in [0.2, 0.25) is 0 Å². The zero-order chi connectivity index (χ0) is 29.7. The Morgan fingerprint density at radius 2 is 0.933 bits per heavy atom. The van der Waals surface area contributed by atoms with Crippen molar-refractivity contribution in [1.29, 1.82) is 0 Å². The van der Waals surface area contributed by atoms with E-state index in [0.29, 0.717) is 0 Å². The predicted octanol–water partition coefficient (Wildman–Crippen LogP) is 12.3. The molecule has 0 aliphatic rings. The molecule has 0 saturated heterocycles. The highest BCUT2D eigenvalue weighted by Crippen LogP contribution is 2.40. The van der Waals surface area contributed by atoms with Crippen LogP contribution >= 0.6 is 11.3 Å². The second-order valence-electron chi connectivity index (χ2n) is 11.4. The van der Waals surface area contributed by atoms with Gasteiger partial charge in [0.1, 0.15) is 0 Å². The maximum Gasteiger partial charge on any atom is 0.0547 e. The molecule has 3 heteroatoms. The van der Waals surface area contributed by atoms with Gasteiger partial charge in [-0.25, -0.2) is 0 Å². The summed E-state index contributed by atoms with van der Waals surface area (Å²) in [4.78, 5) is 2.30. The first kappa shape index (κ1) is 25.8. The largest absolute Gasteiger partial charge is 0.311 e. The van der Waals surface area contributed by atoms with Gasteiger partial charge in [-0.2, -0.15) is 0 Å².